The summed E-state index contributed by atoms with van der Waals surface area (Å²) in [5.74, 6) is 1.88. The molecular weight excluding hydrogens is 685 g/mol. The smallest absolute Gasteiger partial charge is 0.206 e. The van der Waals surface area contributed by atoms with Gasteiger partial charge in [-0.15, -0.1) is 0 Å². The summed E-state index contributed by atoms with van der Waals surface area (Å²) in [7, 11) is 0. The highest BCUT2D eigenvalue weighted by Crippen LogP contribution is 2.44. The molecule has 11 rings (SSSR count). The van der Waals surface area contributed by atoms with Crippen LogP contribution < -0.4 is 16.0 Å². The van der Waals surface area contributed by atoms with Crippen molar-refractivity contribution in [3.63, 3.8) is 0 Å². The highest BCUT2D eigenvalue weighted by molar-refractivity contribution is 6.23. The third-order valence-electron chi connectivity index (χ3n) is 11.2. The van der Waals surface area contributed by atoms with E-state index in [0.717, 1.165) is 57.3 Å². The molecule has 0 saturated heterocycles. The lowest BCUT2D eigenvalue weighted by Gasteiger charge is -2.33. The first kappa shape index (κ1) is 32.3. The van der Waals surface area contributed by atoms with E-state index in [4.69, 9.17) is 4.99 Å². The summed E-state index contributed by atoms with van der Waals surface area (Å²) in [6.07, 6.45) is 1.86. The van der Waals surface area contributed by atoms with Crippen LogP contribution in [0.15, 0.2) is 187 Å². The molecule has 3 N–H and O–H groups in total. The molecule has 2 aliphatic rings. The van der Waals surface area contributed by atoms with E-state index in [1.165, 1.54) is 38.4 Å². The molecule has 2 unspecified atom stereocenters. The SMILES string of the molecule is C1=C(c2ccccc2)CNc2c1c1ccc3c4ccccc4n(C4=NC(c5cccc(-c6ccccc6)c5)NC(c5ccccc5)N4)c3c1n2-c1ccccc1. The molecule has 268 valence electrons. The van der Waals surface area contributed by atoms with Crippen molar-refractivity contribution >= 4 is 56.1 Å². The lowest BCUT2D eigenvalue weighted by atomic mass is 9.99. The van der Waals surface area contributed by atoms with Crippen LogP contribution in [0.1, 0.15) is 34.6 Å². The van der Waals surface area contributed by atoms with E-state index in [2.05, 4.69) is 213 Å². The van der Waals surface area contributed by atoms with E-state index >= 15 is 0 Å². The Hall–Kier alpha value is -7.15. The second-order valence-electron chi connectivity index (χ2n) is 14.5. The highest BCUT2D eigenvalue weighted by Gasteiger charge is 2.30. The number of aromatic nitrogens is 2. The van der Waals surface area contributed by atoms with Crippen LogP contribution in [0, 0.1) is 0 Å². The van der Waals surface area contributed by atoms with Crippen LogP contribution in [0.4, 0.5) is 5.82 Å². The average molecular weight is 723 g/mol. The molecule has 2 atom stereocenters. The summed E-state index contributed by atoms with van der Waals surface area (Å²) in [6, 6.07) is 64.7. The van der Waals surface area contributed by atoms with Crippen LogP contribution in [0.2, 0.25) is 0 Å². The van der Waals surface area contributed by atoms with Gasteiger partial charge in [0, 0.05) is 34.0 Å². The Labute approximate surface area is 325 Å². The molecule has 0 amide bonds. The number of nitrogens with zero attached hydrogens (tertiary/aromatic N) is 3. The van der Waals surface area contributed by atoms with E-state index < -0.39 is 0 Å². The molecule has 7 aromatic carbocycles. The molecule has 0 spiro atoms. The zero-order valence-electron chi connectivity index (χ0n) is 30.6. The van der Waals surface area contributed by atoms with Gasteiger partial charge in [0.1, 0.15) is 18.1 Å². The maximum atomic E-state index is 5.57. The van der Waals surface area contributed by atoms with Gasteiger partial charge >= 0.3 is 0 Å². The minimum atomic E-state index is -0.317. The Kier molecular flexibility index (Phi) is 7.67. The maximum Gasteiger partial charge on any atom is 0.206 e. The Bertz CT molecular complexity index is 2960. The molecule has 6 nitrogen and oxygen atoms in total. The summed E-state index contributed by atoms with van der Waals surface area (Å²) in [4.78, 5) is 5.57. The van der Waals surface area contributed by atoms with E-state index in [-0.39, 0.29) is 12.3 Å². The predicted molar refractivity (Wildman–Crippen MR) is 232 cm³/mol. The van der Waals surface area contributed by atoms with Crippen LogP contribution in [0.3, 0.4) is 0 Å². The van der Waals surface area contributed by atoms with Gasteiger partial charge in [-0.05, 0) is 63.7 Å². The van der Waals surface area contributed by atoms with Gasteiger partial charge in [0.15, 0.2) is 0 Å². The van der Waals surface area contributed by atoms with E-state index in [0.29, 0.717) is 0 Å². The van der Waals surface area contributed by atoms with Crippen LogP contribution >= 0.6 is 0 Å². The normalized spacial score (nSPS) is 16.6. The fourth-order valence-electron chi connectivity index (χ4n) is 8.62. The molecule has 0 fully saturated rings. The van der Waals surface area contributed by atoms with Crippen LogP contribution in [0.25, 0.3) is 61.2 Å². The minimum Gasteiger partial charge on any atom is -0.367 e. The number of anilines is 1. The molecule has 0 radical (unpaired) electrons. The second kappa shape index (κ2) is 13.3. The standard InChI is InChI=1S/C50H38N6/c1-5-16-33(17-6-1)36-22-15-23-37(30-36)48-52-47(35-20-9-3-10-21-35)53-50(54-48)56-44-27-14-13-26-40(44)41-28-29-42-43-31-38(34-18-7-2-8-19-34)32-51-49(43)55(45(42)46(41)56)39-24-11-4-12-25-39/h1-31,47-48,51-52H,32H2,(H,53,54). The highest BCUT2D eigenvalue weighted by atomic mass is 15.4. The molecule has 2 aliphatic heterocycles. The molecule has 56 heavy (non-hydrogen) atoms. The molecule has 0 aliphatic carbocycles. The molecular formula is C50H38N6. The Morgan fingerprint density at radius 1 is 0.518 bits per heavy atom. The Balaban J connectivity index is 1.19. The van der Waals surface area contributed by atoms with Gasteiger partial charge in [-0.1, -0.05) is 158 Å². The first-order chi connectivity index (χ1) is 27.8. The number of aliphatic imine (C=N–C) groups is 1. The first-order valence-electron chi connectivity index (χ1n) is 19.3. The lowest BCUT2D eigenvalue weighted by molar-refractivity contribution is 0.403. The number of rotatable bonds is 5. The number of nitrogens with one attached hydrogen (secondary N) is 3. The summed E-state index contributed by atoms with van der Waals surface area (Å²) in [5, 5.41) is 15.1. The number of fused-ring (bicyclic) bond motifs is 7. The molecule has 4 heterocycles. The van der Waals surface area contributed by atoms with Crippen molar-refractivity contribution in [2.45, 2.75) is 12.3 Å². The van der Waals surface area contributed by atoms with Gasteiger partial charge in [0.25, 0.3) is 0 Å². The lowest BCUT2D eigenvalue weighted by Crippen LogP contribution is -2.47. The van der Waals surface area contributed by atoms with Crippen molar-refractivity contribution in [2.24, 2.45) is 4.99 Å². The van der Waals surface area contributed by atoms with Gasteiger partial charge < -0.3 is 10.6 Å². The third-order valence-corrected chi connectivity index (χ3v) is 11.2. The van der Waals surface area contributed by atoms with Crippen LogP contribution in [0.5, 0.6) is 0 Å². The predicted octanol–water partition coefficient (Wildman–Crippen LogP) is 11.2. The Morgan fingerprint density at radius 2 is 1.14 bits per heavy atom. The summed E-state index contributed by atoms with van der Waals surface area (Å²) < 4.78 is 4.78. The van der Waals surface area contributed by atoms with Crippen LogP contribution in [-0.2, 0) is 0 Å². The fourth-order valence-corrected chi connectivity index (χ4v) is 8.62. The third kappa shape index (κ3) is 5.34. The number of hydrogen-bond acceptors (Lipinski definition) is 4. The average Bonchev–Trinajstić information content (AvgIpc) is 3.80. The van der Waals surface area contributed by atoms with Crippen molar-refractivity contribution in [1.29, 1.82) is 0 Å². The topological polar surface area (TPSA) is 58.3 Å². The van der Waals surface area contributed by atoms with Crippen molar-refractivity contribution < 1.29 is 0 Å². The van der Waals surface area contributed by atoms with Crippen molar-refractivity contribution in [2.75, 3.05) is 11.9 Å². The summed E-state index contributed by atoms with van der Waals surface area (Å²) in [5.41, 5.74) is 12.7. The largest absolute Gasteiger partial charge is 0.367 e. The van der Waals surface area contributed by atoms with Gasteiger partial charge in [0.2, 0.25) is 5.96 Å². The summed E-state index contributed by atoms with van der Waals surface area (Å²) in [6.45, 7) is 0.731. The van der Waals surface area contributed by atoms with E-state index in [1.807, 2.05) is 0 Å². The molecule has 6 heteroatoms. The monoisotopic (exact) mass is 722 g/mol. The fraction of sp³-hybridized carbons (Fsp3) is 0.0600. The maximum absolute atomic E-state index is 5.57. The van der Waals surface area contributed by atoms with Gasteiger partial charge in [-0.3, -0.25) is 14.5 Å². The van der Waals surface area contributed by atoms with Crippen molar-refractivity contribution in [3.8, 4) is 16.8 Å². The van der Waals surface area contributed by atoms with Gasteiger partial charge in [0.05, 0.1) is 16.6 Å². The number of hydrogen-bond donors (Lipinski definition) is 3. The molecule has 2 aromatic heterocycles. The zero-order chi connectivity index (χ0) is 37.0. The van der Waals surface area contributed by atoms with E-state index in [9.17, 15) is 0 Å². The number of benzene rings is 7. The molecule has 0 saturated carbocycles. The quantitative estimate of drug-likeness (QED) is 0.166. The summed E-state index contributed by atoms with van der Waals surface area (Å²) >= 11 is 0. The Morgan fingerprint density at radius 3 is 1.93 bits per heavy atom. The first-order valence-corrected chi connectivity index (χ1v) is 19.3. The zero-order valence-corrected chi connectivity index (χ0v) is 30.6. The van der Waals surface area contributed by atoms with Gasteiger partial charge in [-0.25, -0.2) is 4.99 Å². The van der Waals surface area contributed by atoms with Crippen LogP contribution in [-0.4, -0.2) is 21.6 Å². The van der Waals surface area contributed by atoms with Crippen molar-refractivity contribution in [3.05, 3.63) is 204 Å². The van der Waals surface area contributed by atoms with Gasteiger partial charge in [-0.2, -0.15) is 0 Å². The molecule has 0 bridgehead atoms. The second-order valence-corrected chi connectivity index (χ2v) is 14.5. The van der Waals surface area contributed by atoms with Crippen molar-refractivity contribution in [1.82, 2.24) is 19.8 Å². The minimum absolute atomic E-state index is 0.198. The van der Waals surface area contributed by atoms with E-state index in [1.54, 1.807) is 0 Å². The molecule has 9 aromatic rings. The number of para-hydroxylation sites is 2.